The minimum absolute atomic E-state index is 0.0803. The van der Waals surface area contributed by atoms with Crippen LogP contribution in [0.15, 0.2) is 5.38 Å². The van der Waals surface area contributed by atoms with Gasteiger partial charge in [-0.1, -0.05) is 6.92 Å². The fourth-order valence-corrected chi connectivity index (χ4v) is 2.90. The van der Waals surface area contributed by atoms with Gasteiger partial charge in [-0.25, -0.2) is 18.1 Å². The summed E-state index contributed by atoms with van der Waals surface area (Å²) in [6.07, 6.45) is 0.449. The number of carbonyl (C=O) groups is 1. The van der Waals surface area contributed by atoms with E-state index in [1.54, 1.807) is 13.8 Å². The molecule has 0 aliphatic heterocycles. The first-order valence-electron chi connectivity index (χ1n) is 5.11. The summed E-state index contributed by atoms with van der Waals surface area (Å²) < 4.78 is 24.7. The summed E-state index contributed by atoms with van der Waals surface area (Å²) in [5.41, 5.74) is 5.69. The SMILES string of the molecule is CCCS(=O)(=O)NC(=O)c1csc(C(C)N)n1. The Kier molecular flexibility index (Phi) is 4.61. The van der Waals surface area contributed by atoms with E-state index in [1.807, 2.05) is 4.72 Å². The van der Waals surface area contributed by atoms with Crippen LogP contribution in [-0.4, -0.2) is 25.1 Å². The first-order valence-corrected chi connectivity index (χ1v) is 7.64. The molecule has 1 rings (SSSR count). The highest BCUT2D eigenvalue weighted by Crippen LogP contribution is 2.15. The number of aromatic nitrogens is 1. The van der Waals surface area contributed by atoms with Gasteiger partial charge in [-0.15, -0.1) is 11.3 Å². The number of nitrogens with two attached hydrogens (primary N) is 1. The fraction of sp³-hybridized carbons (Fsp3) is 0.556. The predicted octanol–water partition coefficient (Wildman–Crippen LogP) is 0.632. The Morgan fingerprint density at radius 3 is 2.76 bits per heavy atom. The highest BCUT2D eigenvalue weighted by atomic mass is 32.2. The lowest BCUT2D eigenvalue weighted by molar-refractivity contribution is 0.0977. The quantitative estimate of drug-likeness (QED) is 0.822. The van der Waals surface area contributed by atoms with E-state index in [9.17, 15) is 13.2 Å². The molecule has 0 radical (unpaired) electrons. The van der Waals surface area contributed by atoms with Crippen molar-refractivity contribution in [2.45, 2.75) is 26.3 Å². The third kappa shape index (κ3) is 4.06. The zero-order chi connectivity index (χ0) is 13.1. The monoisotopic (exact) mass is 277 g/mol. The van der Waals surface area contributed by atoms with E-state index < -0.39 is 15.9 Å². The fourth-order valence-electron chi connectivity index (χ4n) is 1.11. The van der Waals surface area contributed by atoms with Crippen molar-refractivity contribution in [2.75, 3.05) is 5.75 Å². The average molecular weight is 277 g/mol. The number of amides is 1. The molecule has 0 bridgehead atoms. The molecule has 0 aromatic carbocycles. The molecule has 0 saturated heterocycles. The number of nitrogens with zero attached hydrogens (tertiary/aromatic N) is 1. The third-order valence-electron chi connectivity index (χ3n) is 1.87. The number of sulfonamides is 1. The molecule has 1 aromatic heterocycles. The molecular formula is C9H15N3O3S2. The molecule has 0 fully saturated rings. The Balaban J connectivity index is 2.77. The van der Waals surface area contributed by atoms with E-state index in [1.165, 1.54) is 16.7 Å². The maximum Gasteiger partial charge on any atom is 0.284 e. The Hall–Kier alpha value is -0.990. The Bertz CT molecular complexity index is 493. The molecule has 0 aliphatic carbocycles. The first-order chi connectivity index (χ1) is 7.85. The van der Waals surface area contributed by atoms with Crippen LogP contribution in [0.5, 0.6) is 0 Å². The second-order valence-electron chi connectivity index (χ2n) is 3.61. The normalized spacial score (nSPS) is 13.4. The van der Waals surface area contributed by atoms with E-state index in [2.05, 4.69) is 4.98 Å². The lowest BCUT2D eigenvalue weighted by atomic mass is 10.4. The van der Waals surface area contributed by atoms with Crippen molar-refractivity contribution in [1.82, 2.24) is 9.71 Å². The molecule has 0 aliphatic rings. The molecule has 0 spiro atoms. The summed E-state index contributed by atoms with van der Waals surface area (Å²) in [4.78, 5) is 15.6. The number of rotatable bonds is 5. The van der Waals surface area contributed by atoms with Crippen LogP contribution in [0.3, 0.4) is 0 Å². The van der Waals surface area contributed by atoms with Gasteiger partial charge < -0.3 is 5.73 Å². The standard InChI is InChI=1S/C9H15N3O3S2/c1-3-4-17(14,15)12-8(13)7-5-16-9(11-7)6(2)10/h5-6H,3-4,10H2,1-2H3,(H,12,13). The van der Waals surface area contributed by atoms with Crippen molar-refractivity contribution in [3.8, 4) is 0 Å². The highest BCUT2D eigenvalue weighted by Gasteiger charge is 2.18. The van der Waals surface area contributed by atoms with E-state index in [-0.39, 0.29) is 17.5 Å². The molecule has 6 nitrogen and oxygen atoms in total. The minimum Gasteiger partial charge on any atom is -0.322 e. The van der Waals surface area contributed by atoms with Crippen molar-refractivity contribution in [1.29, 1.82) is 0 Å². The van der Waals surface area contributed by atoms with Gasteiger partial charge in [0.2, 0.25) is 10.0 Å². The van der Waals surface area contributed by atoms with Crippen LogP contribution in [0.1, 0.15) is 41.8 Å². The smallest absolute Gasteiger partial charge is 0.284 e. The van der Waals surface area contributed by atoms with Crippen molar-refractivity contribution in [3.05, 3.63) is 16.1 Å². The van der Waals surface area contributed by atoms with Gasteiger partial charge in [0.25, 0.3) is 5.91 Å². The van der Waals surface area contributed by atoms with Crippen LogP contribution in [0.4, 0.5) is 0 Å². The number of hydrogen-bond donors (Lipinski definition) is 2. The molecule has 1 unspecified atom stereocenters. The first kappa shape index (κ1) is 14.1. The summed E-state index contributed by atoms with van der Waals surface area (Å²) in [6, 6.07) is -0.270. The van der Waals surface area contributed by atoms with Gasteiger partial charge in [0.1, 0.15) is 10.7 Å². The summed E-state index contributed by atoms with van der Waals surface area (Å²) >= 11 is 1.23. The van der Waals surface area contributed by atoms with E-state index in [0.717, 1.165) is 0 Å². The van der Waals surface area contributed by atoms with Crippen LogP contribution in [-0.2, 0) is 10.0 Å². The molecule has 17 heavy (non-hydrogen) atoms. The predicted molar refractivity (Wildman–Crippen MR) is 66.3 cm³/mol. The van der Waals surface area contributed by atoms with E-state index >= 15 is 0 Å². The highest BCUT2D eigenvalue weighted by molar-refractivity contribution is 7.90. The lowest BCUT2D eigenvalue weighted by Gasteiger charge is -2.03. The number of thiazole rings is 1. The van der Waals surface area contributed by atoms with Crippen molar-refractivity contribution in [2.24, 2.45) is 5.73 Å². The van der Waals surface area contributed by atoms with Crippen LogP contribution in [0.25, 0.3) is 0 Å². The van der Waals surface area contributed by atoms with Gasteiger partial charge in [-0.3, -0.25) is 4.79 Å². The summed E-state index contributed by atoms with van der Waals surface area (Å²) in [7, 11) is -3.56. The van der Waals surface area contributed by atoms with E-state index in [4.69, 9.17) is 5.73 Å². The molecule has 0 saturated carbocycles. The Labute approximate surface area is 104 Å². The molecule has 8 heteroatoms. The molecular weight excluding hydrogens is 262 g/mol. The van der Waals surface area contributed by atoms with Crippen molar-refractivity contribution >= 4 is 27.3 Å². The van der Waals surface area contributed by atoms with Crippen molar-refractivity contribution in [3.63, 3.8) is 0 Å². The van der Waals surface area contributed by atoms with E-state index in [0.29, 0.717) is 11.4 Å². The summed E-state index contributed by atoms with van der Waals surface area (Å²) in [5, 5.41) is 2.10. The largest absolute Gasteiger partial charge is 0.322 e. The summed E-state index contributed by atoms with van der Waals surface area (Å²) in [5.74, 6) is -0.787. The van der Waals surface area contributed by atoms with Gasteiger partial charge in [0.15, 0.2) is 0 Å². The molecule has 1 aromatic rings. The second kappa shape index (κ2) is 5.56. The van der Waals surface area contributed by atoms with Crippen LogP contribution >= 0.6 is 11.3 Å². The Morgan fingerprint density at radius 1 is 1.65 bits per heavy atom. The molecule has 96 valence electrons. The second-order valence-corrected chi connectivity index (χ2v) is 6.34. The third-order valence-corrected chi connectivity index (χ3v) is 4.35. The maximum absolute atomic E-state index is 11.6. The number of nitrogens with one attached hydrogen (secondary N) is 1. The number of carbonyl (C=O) groups excluding carboxylic acids is 1. The molecule has 1 heterocycles. The molecule has 1 atom stereocenters. The lowest BCUT2D eigenvalue weighted by Crippen LogP contribution is -2.32. The minimum atomic E-state index is -3.56. The van der Waals surface area contributed by atoms with Gasteiger partial charge in [-0.2, -0.15) is 0 Å². The van der Waals surface area contributed by atoms with Crippen molar-refractivity contribution < 1.29 is 13.2 Å². The Morgan fingerprint density at radius 2 is 2.29 bits per heavy atom. The van der Waals surface area contributed by atoms with Crippen LogP contribution in [0.2, 0.25) is 0 Å². The number of hydrogen-bond acceptors (Lipinski definition) is 6. The van der Waals surface area contributed by atoms with Gasteiger partial charge >= 0.3 is 0 Å². The molecule has 1 amide bonds. The maximum atomic E-state index is 11.6. The van der Waals surface area contributed by atoms with Gasteiger partial charge in [0, 0.05) is 5.38 Å². The van der Waals surface area contributed by atoms with Gasteiger partial charge in [0.05, 0.1) is 11.8 Å². The zero-order valence-corrected chi connectivity index (χ0v) is 11.3. The van der Waals surface area contributed by atoms with Gasteiger partial charge in [-0.05, 0) is 13.3 Å². The topological polar surface area (TPSA) is 102 Å². The summed E-state index contributed by atoms with van der Waals surface area (Å²) in [6.45, 7) is 3.47. The molecule has 3 N–H and O–H groups in total. The average Bonchev–Trinajstić information content (AvgIpc) is 2.64. The van der Waals surface area contributed by atoms with Crippen LogP contribution < -0.4 is 10.5 Å². The zero-order valence-electron chi connectivity index (χ0n) is 9.63. The van der Waals surface area contributed by atoms with Crippen LogP contribution in [0, 0.1) is 0 Å².